The largest absolute Gasteiger partial charge is 0.365 e. The fourth-order valence-electron chi connectivity index (χ4n) is 3.06. The van der Waals surface area contributed by atoms with Gasteiger partial charge in [-0.1, -0.05) is 0 Å². The van der Waals surface area contributed by atoms with Gasteiger partial charge in [-0.25, -0.2) is 0 Å². The summed E-state index contributed by atoms with van der Waals surface area (Å²) in [7, 11) is 2.00. The lowest BCUT2D eigenvalue weighted by Crippen LogP contribution is -2.49. The maximum atomic E-state index is 12.4. The minimum atomic E-state index is -0.530. The minimum absolute atomic E-state index is 0.215. The van der Waals surface area contributed by atoms with Gasteiger partial charge in [0.1, 0.15) is 5.60 Å². The molecule has 1 N–H and O–H groups in total. The van der Waals surface area contributed by atoms with E-state index in [0.29, 0.717) is 0 Å². The standard InChI is InChI=1S/C14H26N2O2/c1-14(7-3-11-18-14)13(17)16-9-5-12(6-10-16)4-8-15-2/h12,15H,3-11H2,1-2H3. The van der Waals surface area contributed by atoms with Gasteiger partial charge in [0.05, 0.1) is 0 Å². The number of hydrogen-bond donors (Lipinski definition) is 1. The number of likely N-dealkylation sites (tertiary alicyclic amines) is 1. The Kier molecular flexibility index (Phi) is 4.62. The normalized spacial score (nSPS) is 29.8. The van der Waals surface area contributed by atoms with Crippen LogP contribution < -0.4 is 5.32 Å². The molecule has 0 aromatic carbocycles. The molecule has 18 heavy (non-hydrogen) atoms. The van der Waals surface area contributed by atoms with Crippen LogP contribution >= 0.6 is 0 Å². The number of carbonyl (C=O) groups is 1. The van der Waals surface area contributed by atoms with Crippen LogP contribution in [0, 0.1) is 5.92 Å². The van der Waals surface area contributed by atoms with E-state index in [9.17, 15) is 4.79 Å². The first-order valence-electron chi connectivity index (χ1n) is 7.23. The van der Waals surface area contributed by atoms with Gasteiger partial charge in [0.2, 0.25) is 0 Å². The van der Waals surface area contributed by atoms with Gasteiger partial charge in [0.25, 0.3) is 5.91 Å². The van der Waals surface area contributed by atoms with Crippen LogP contribution in [-0.4, -0.2) is 49.7 Å². The summed E-state index contributed by atoms with van der Waals surface area (Å²) in [5, 5.41) is 3.20. The third kappa shape index (κ3) is 3.04. The van der Waals surface area contributed by atoms with Crippen molar-refractivity contribution in [2.45, 2.75) is 44.6 Å². The van der Waals surface area contributed by atoms with E-state index >= 15 is 0 Å². The number of ether oxygens (including phenoxy) is 1. The van der Waals surface area contributed by atoms with Crippen LogP contribution in [0.1, 0.15) is 39.0 Å². The van der Waals surface area contributed by atoms with Crippen LogP contribution in [0.2, 0.25) is 0 Å². The molecule has 1 unspecified atom stereocenters. The molecule has 104 valence electrons. The SMILES string of the molecule is CNCCC1CCN(C(=O)C2(C)CCCO2)CC1. The van der Waals surface area contributed by atoms with Gasteiger partial charge in [0, 0.05) is 19.7 Å². The smallest absolute Gasteiger partial charge is 0.254 e. The Bertz CT molecular complexity index is 280. The van der Waals surface area contributed by atoms with Crippen molar-refractivity contribution in [3.63, 3.8) is 0 Å². The predicted molar refractivity (Wildman–Crippen MR) is 71.4 cm³/mol. The zero-order valence-electron chi connectivity index (χ0n) is 11.7. The molecule has 0 aliphatic carbocycles. The molecule has 2 aliphatic rings. The fourth-order valence-corrected chi connectivity index (χ4v) is 3.06. The van der Waals surface area contributed by atoms with Gasteiger partial charge in [-0.15, -0.1) is 0 Å². The summed E-state index contributed by atoms with van der Waals surface area (Å²) in [6.45, 7) is 5.59. The van der Waals surface area contributed by atoms with Crippen LogP contribution in [0.25, 0.3) is 0 Å². The second-order valence-corrected chi connectivity index (χ2v) is 5.81. The van der Waals surface area contributed by atoms with Crippen LogP contribution in [-0.2, 0) is 9.53 Å². The maximum absolute atomic E-state index is 12.4. The lowest BCUT2D eigenvalue weighted by Gasteiger charge is -2.36. The molecule has 2 saturated heterocycles. The van der Waals surface area contributed by atoms with E-state index in [0.717, 1.165) is 57.8 Å². The summed E-state index contributed by atoms with van der Waals surface area (Å²) in [6.07, 6.45) is 5.41. The Morgan fingerprint density at radius 3 is 2.72 bits per heavy atom. The summed E-state index contributed by atoms with van der Waals surface area (Å²) in [5.74, 6) is 0.992. The third-order valence-electron chi connectivity index (χ3n) is 4.38. The average molecular weight is 254 g/mol. The molecule has 4 heteroatoms. The molecule has 0 bridgehead atoms. The molecular weight excluding hydrogens is 228 g/mol. The molecule has 2 fully saturated rings. The maximum Gasteiger partial charge on any atom is 0.254 e. The molecule has 0 spiro atoms. The number of rotatable bonds is 4. The lowest BCUT2D eigenvalue weighted by molar-refractivity contribution is -0.152. The number of hydrogen-bond acceptors (Lipinski definition) is 3. The Hall–Kier alpha value is -0.610. The highest BCUT2D eigenvalue weighted by Gasteiger charge is 2.41. The monoisotopic (exact) mass is 254 g/mol. The van der Waals surface area contributed by atoms with Gasteiger partial charge in [-0.3, -0.25) is 4.79 Å². The highest BCUT2D eigenvalue weighted by Crippen LogP contribution is 2.29. The highest BCUT2D eigenvalue weighted by atomic mass is 16.5. The first-order valence-corrected chi connectivity index (χ1v) is 7.23. The van der Waals surface area contributed by atoms with Crippen LogP contribution in [0.5, 0.6) is 0 Å². The number of carbonyl (C=O) groups excluding carboxylic acids is 1. The zero-order chi connectivity index (χ0) is 13.0. The summed E-state index contributed by atoms with van der Waals surface area (Å²) in [4.78, 5) is 14.4. The minimum Gasteiger partial charge on any atom is -0.365 e. The predicted octanol–water partition coefficient (Wildman–Crippen LogP) is 1.40. The summed E-state index contributed by atoms with van der Waals surface area (Å²) >= 11 is 0. The van der Waals surface area contributed by atoms with Crippen molar-refractivity contribution in [2.24, 2.45) is 5.92 Å². The van der Waals surface area contributed by atoms with E-state index in [-0.39, 0.29) is 5.91 Å². The van der Waals surface area contributed by atoms with Gasteiger partial charge in [-0.05, 0) is 58.5 Å². The van der Waals surface area contributed by atoms with Crippen molar-refractivity contribution in [2.75, 3.05) is 33.3 Å². The number of nitrogens with zero attached hydrogens (tertiary/aromatic N) is 1. The molecular formula is C14H26N2O2. The fraction of sp³-hybridized carbons (Fsp3) is 0.929. The Morgan fingerprint density at radius 2 is 2.17 bits per heavy atom. The van der Waals surface area contributed by atoms with Crippen molar-refractivity contribution in [1.29, 1.82) is 0 Å². The van der Waals surface area contributed by atoms with Crippen molar-refractivity contribution in [1.82, 2.24) is 10.2 Å². The van der Waals surface area contributed by atoms with E-state index in [4.69, 9.17) is 4.74 Å². The second kappa shape index (κ2) is 6.02. The number of piperidine rings is 1. The zero-order valence-corrected chi connectivity index (χ0v) is 11.7. The van der Waals surface area contributed by atoms with E-state index < -0.39 is 5.60 Å². The van der Waals surface area contributed by atoms with Gasteiger partial charge >= 0.3 is 0 Å². The summed E-state index contributed by atoms with van der Waals surface area (Å²) in [5.41, 5.74) is -0.530. The molecule has 0 radical (unpaired) electrons. The quantitative estimate of drug-likeness (QED) is 0.824. The molecule has 1 atom stereocenters. The molecule has 2 rings (SSSR count). The molecule has 0 aromatic heterocycles. The third-order valence-corrected chi connectivity index (χ3v) is 4.38. The van der Waals surface area contributed by atoms with E-state index in [1.165, 1.54) is 6.42 Å². The van der Waals surface area contributed by atoms with Crippen LogP contribution in [0.4, 0.5) is 0 Å². The van der Waals surface area contributed by atoms with Crippen molar-refractivity contribution in [3.8, 4) is 0 Å². The second-order valence-electron chi connectivity index (χ2n) is 5.81. The molecule has 0 saturated carbocycles. The summed E-state index contributed by atoms with van der Waals surface area (Å²) in [6, 6.07) is 0. The van der Waals surface area contributed by atoms with E-state index in [2.05, 4.69) is 5.32 Å². The Balaban J connectivity index is 1.80. The van der Waals surface area contributed by atoms with Crippen molar-refractivity contribution >= 4 is 5.91 Å². The van der Waals surface area contributed by atoms with Gasteiger partial charge in [-0.2, -0.15) is 0 Å². The highest BCUT2D eigenvalue weighted by molar-refractivity contribution is 5.85. The number of amides is 1. The van der Waals surface area contributed by atoms with Crippen LogP contribution in [0.15, 0.2) is 0 Å². The molecule has 1 amide bonds. The van der Waals surface area contributed by atoms with Gasteiger partial charge < -0.3 is 15.0 Å². The van der Waals surface area contributed by atoms with E-state index in [1.54, 1.807) is 0 Å². The first kappa shape index (κ1) is 13.8. The average Bonchev–Trinajstić information content (AvgIpc) is 2.84. The summed E-state index contributed by atoms with van der Waals surface area (Å²) < 4.78 is 5.65. The first-order chi connectivity index (χ1) is 8.65. The topological polar surface area (TPSA) is 41.6 Å². The Labute approximate surface area is 110 Å². The van der Waals surface area contributed by atoms with Gasteiger partial charge in [0.15, 0.2) is 0 Å². The molecule has 2 heterocycles. The van der Waals surface area contributed by atoms with Crippen molar-refractivity contribution in [3.05, 3.63) is 0 Å². The van der Waals surface area contributed by atoms with E-state index in [1.807, 2.05) is 18.9 Å². The molecule has 2 aliphatic heterocycles. The molecule has 4 nitrogen and oxygen atoms in total. The van der Waals surface area contributed by atoms with Crippen molar-refractivity contribution < 1.29 is 9.53 Å². The lowest BCUT2D eigenvalue weighted by atomic mass is 9.92. The number of nitrogens with one attached hydrogen (secondary N) is 1. The molecule has 0 aromatic rings. The Morgan fingerprint density at radius 1 is 1.44 bits per heavy atom. The van der Waals surface area contributed by atoms with Crippen LogP contribution in [0.3, 0.4) is 0 Å².